The summed E-state index contributed by atoms with van der Waals surface area (Å²) in [6, 6.07) is 1.59. The van der Waals surface area contributed by atoms with Gasteiger partial charge in [-0.25, -0.2) is 9.97 Å². The minimum atomic E-state index is -0.222. The van der Waals surface area contributed by atoms with E-state index in [0.29, 0.717) is 23.9 Å². The minimum Gasteiger partial charge on any atom is -0.453 e. The lowest BCUT2D eigenvalue weighted by Gasteiger charge is -2.28. The molecule has 152 valence electrons. The molecule has 2 aromatic heterocycles. The third kappa shape index (κ3) is 4.03. The van der Waals surface area contributed by atoms with Gasteiger partial charge in [-0.05, 0) is 32.2 Å². The highest BCUT2D eigenvalue weighted by Crippen LogP contribution is 2.38. The molecule has 2 aromatic rings. The second-order valence-corrected chi connectivity index (χ2v) is 7.92. The quantitative estimate of drug-likeness (QED) is 0.832. The number of nitrogens with one attached hydrogen (secondary N) is 1. The van der Waals surface area contributed by atoms with E-state index in [9.17, 15) is 4.79 Å². The van der Waals surface area contributed by atoms with Crippen LogP contribution in [-0.4, -0.2) is 45.1 Å². The van der Waals surface area contributed by atoms with Crippen LogP contribution in [-0.2, 0) is 11.3 Å². The van der Waals surface area contributed by atoms with Crippen LogP contribution < -0.4 is 14.8 Å². The van der Waals surface area contributed by atoms with Gasteiger partial charge in [0.2, 0.25) is 12.7 Å². The van der Waals surface area contributed by atoms with Crippen LogP contribution in [0.25, 0.3) is 0 Å². The molecule has 0 radical (unpaired) electrons. The number of carbonyl (C=O) groups is 1. The molecule has 1 saturated carbocycles. The highest BCUT2D eigenvalue weighted by Gasteiger charge is 2.30. The Hall–Kier alpha value is -2.74. The van der Waals surface area contributed by atoms with Gasteiger partial charge in [-0.2, -0.15) is 0 Å². The summed E-state index contributed by atoms with van der Waals surface area (Å²) >= 11 is 0. The van der Waals surface area contributed by atoms with Crippen molar-refractivity contribution in [2.45, 2.75) is 57.0 Å². The van der Waals surface area contributed by atoms with Gasteiger partial charge in [-0.3, -0.25) is 14.7 Å². The van der Waals surface area contributed by atoms with Gasteiger partial charge in [0, 0.05) is 24.7 Å². The Bertz CT molecular complexity index is 884. The van der Waals surface area contributed by atoms with Crippen LogP contribution in [0.15, 0.2) is 24.7 Å². The fourth-order valence-corrected chi connectivity index (χ4v) is 4.03. The third-order valence-corrected chi connectivity index (χ3v) is 5.76. The zero-order valence-electron chi connectivity index (χ0n) is 16.3. The predicted molar refractivity (Wildman–Crippen MR) is 106 cm³/mol. The lowest BCUT2D eigenvalue weighted by Crippen LogP contribution is -2.43. The topological polar surface area (TPSA) is 89.5 Å². The molecular formula is C21H25N5O3. The molecule has 8 nitrogen and oxygen atoms in total. The van der Waals surface area contributed by atoms with E-state index in [2.05, 4.69) is 25.2 Å². The maximum Gasteiger partial charge on any atom is 0.241 e. The molecule has 8 heteroatoms. The Balaban J connectivity index is 1.31. The van der Waals surface area contributed by atoms with E-state index in [1.807, 2.05) is 6.07 Å². The normalized spacial score (nSPS) is 21.6. The third-order valence-electron chi connectivity index (χ3n) is 5.76. The summed E-state index contributed by atoms with van der Waals surface area (Å²) in [5.41, 5.74) is 1.47. The molecule has 0 bridgehead atoms. The van der Waals surface area contributed by atoms with Crippen molar-refractivity contribution in [2.24, 2.45) is 0 Å². The molecule has 0 aromatic carbocycles. The average Bonchev–Trinajstić information content (AvgIpc) is 3.51. The lowest BCUT2D eigenvalue weighted by molar-refractivity contribution is -0.121. The van der Waals surface area contributed by atoms with Crippen molar-refractivity contribution in [1.29, 1.82) is 0 Å². The van der Waals surface area contributed by atoms with Crippen molar-refractivity contribution in [1.82, 2.24) is 19.9 Å². The monoisotopic (exact) mass is 395 g/mol. The molecule has 0 unspecified atom stereocenters. The number of aromatic nitrogens is 3. The molecule has 29 heavy (non-hydrogen) atoms. The first-order chi connectivity index (χ1) is 14.3. The van der Waals surface area contributed by atoms with Crippen molar-refractivity contribution in [3.63, 3.8) is 0 Å². The number of carbonyl (C=O) groups excluding carboxylic acids is 1. The first-order valence-corrected chi connectivity index (χ1v) is 10.4. The second kappa shape index (κ2) is 7.94. The maximum atomic E-state index is 13.1. The number of anilines is 1. The summed E-state index contributed by atoms with van der Waals surface area (Å²) < 4.78 is 11.1. The molecule has 1 amide bonds. The van der Waals surface area contributed by atoms with Gasteiger partial charge in [0.1, 0.15) is 11.5 Å². The van der Waals surface area contributed by atoms with Gasteiger partial charge in [-0.15, -0.1) is 0 Å². The van der Waals surface area contributed by atoms with E-state index >= 15 is 0 Å². The molecule has 2 aliphatic heterocycles. The van der Waals surface area contributed by atoms with Crippen LogP contribution in [0.3, 0.4) is 0 Å². The Morgan fingerprint density at radius 1 is 1.10 bits per heavy atom. The highest BCUT2D eigenvalue weighted by atomic mass is 16.7. The summed E-state index contributed by atoms with van der Waals surface area (Å²) in [4.78, 5) is 28.6. The summed E-state index contributed by atoms with van der Waals surface area (Å²) in [5, 5.41) is 3.01. The van der Waals surface area contributed by atoms with Crippen LogP contribution >= 0.6 is 0 Å². The zero-order chi connectivity index (χ0) is 19.6. The number of rotatable bonds is 5. The Kier molecular flexibility index (Phi) is 5.01. The van der Waals surface area contributed by atoms with Gasteiger partial charge in [0.05, 0.1) is 24.1 Å². The smallest absolute Gasteiger partial charge is 0.241 e. The lowest BCUT2D eigenvalue weighted by atomic mass is 10.1. The second-order valence-electron chi connectivity index (χ2n) is 7.92. The van der Waals surface area contributed by atoms with Crippen molar-refractivity contribution in [3.05, 3.63) is 36.2 Å². The number of nitrogens with zero attached hydrogens (tertiary/aromatic N) is 4. The van der Waals surface area contributed by atoms with E-state index in [1.54, 1.807) is 18.6 Å². The molecule has 2 fully saturated rings. The highest BCUT2D eigenvalue weighted by molar-refractivity contribution is 5.94. The molecule has 1 atom stereocenters. The molecule has 1 aliphatic carbocycles. The minimum absolute atomic E-state index is 0.0144. The van der Waals surface area contributed by atoms with Crippen molar-refractivity contribution >= 4 is 11.6 Å². The number of likely N-dealkylation sites (tertiary alicyclic amines) is 1. The SMILES string of the molecule is O=C(Nc1cnc(C2CC2)nc1)[C@H]1CCCCCN1Cc1nccc2c1OCO2. The number of pyridine rings is 1. The summed E-state index contributed by atoms with van der Waals surface area (Å²) in [6.07, 6.45) is 11.5. The van der Waals surface area contributed by atoms with Gasteiger partial charge in [0.15, 0.2) is 11.5 Å². The first kappa shape index (κ1) is 18.3. The molecule has 3 aliphatic rings. The summed E-state index contributed by atoms with van der Waals surface area (Å²) in [6.45, 7) is 1.62. The van der Waals surface area contributed by atoms with Gasteiger partial charge < -0.3 is 14.8 Å². The van der Waals surface area contributed by atoms with Gasteiger partial charge in [0.25, 0.3) is 0 Å². The summed E-state index contributed by atoms with van der Waals surface area (Å²) in [7, 11) is 0. The molecule has 5 rings (SSSR count). The molecule has 4 heterocycles. The van der Waals surface area contributed by atoms with Crippen molar-refractivity contribution in [3.8, 4) is 11.5 Å². The average molecular weight is 395 g/mol. The Labute approximate surface area is 169 Å². The molecule has 1 saturated heterocycles. The van der Waals surface area contributed by atoms with E-state index in [1.165, 1.54) is 0 Å². The van der Waals surface area contributed by atoms with Gasteiger partial charge >= 0.3 is 0 Å². The number of amides is 1. The predicted octanol–water partition coefficient (Wildman–Crippen LogP) is 2.86. The number of hydrogen-bond acceptors (Lipinski definition) is 7. The van der Waals surface area contributed by atoms with Crippen LogP contribution in [0.1, 0.15) is 56.0 Å². The zero-order valence-corrected chi connectivity index (χ0v) is 16.3. The fourth-order valence-electron chi connectivity index (χ4n) is 4.03. The van der Waals surface area contributed by atoms with Crippen LogP contribution in [0.5, 0.6) is 11.5 Å². The van der Waals surface area contributed by atoms with Crippen LogP contribution in [0.2, 0.25) is 0 Å². The Morgan fingerprint density at radius 3 is 2.79 bits per heavy atom. The number of fused-ring (bicyclic) bond motifs is 1. The van der Waals surface area contributed by atoms with Crippen LogP contribution in [0, 0.1) is 0 Å². The van der Waals surface area contributed by atoms with Crippen molar-refractivity contribution < 1.29 is 14.3 Å². The molecular weight excluding hydrogens is 370 g/mol. The molecule has 1 N–H and O–H groups in total. The number of ether oxygens (including phenoxy) is 2. The van der Waals surface area contributed by atoms with E-state index in [-0.39, 0.29) is 18.7 Å². The van der Waals surface area contributed by atoms with Crippen LogP contribution in [0.4, 0.5) is 5.69 Å². The first-order valence-electron chi connectivity index (χ1n) is 10.4. The largest absolute Gasteiger partial charge is 0.453 e. The molecule has 0 spiro atoms. The standard InChI is InChI=1S/C21H25N5O3/c27-21(25-15-10-23-20(24-11-15)14-5-6-14)17-4-2-1-3-9-26(17)12-16-19-18(7-8-22-16)28-13-29-19/h7-8,10-11,14,17H,1-6,9,12-13H2,(H,25,27)/t17-/m1/s1. The van der Waals surface area contributed by atoms with E-state index < -0.39 is 0 Å². The van der Waals surface area contributed by atoms with E-state index in [4.69, 9.17) is 9.47 Å². The maximum absolute atomic E-state index is 13.1. The van der Waals surface area contributed by atoms with Crippen molar-refractivity contribution in [2.75, 3.05) is 18.7 Å². The summed E-state index contributed by atoms with van der Waals surface area (Å²) in [5.74, 6) is 2.78. The fraction of sp³-hybridized carbons (Fsp3) is 0.524. The Morgan fingerprint density at radius 2 is 1.97 bits per heavy atom. The van der Waals surface area contributed by atoms with E-state index in [0.717, 1.165) is 62.3 Å². The number of hydrogen-bond donors (Lipinski definition) is 1. The van der Waals surface area contributed by atoms with Gasteiger partial charge in [-0.1, -0.05) is 12.8 Å².